The number of hydrogen-bond donors (Lipinski definition) is 2. The number of nitrogen functional groups attached to an aromatic ring is 1. The summed E-state index contributed by atoms with van der Waals surface area (Å²) in [6.07, 6.45) is 1.82. The third-order valence-electron chi connectivity index (χ3n) is 3.78. The van der Waals surface area contributed by atoms with E-state index in [1.54, 1.807) is 26.0 Å². The van der Waals surface area contributed by atoms with E-state index in [2.05, 4.69) is 4.72 Å². The Kier molecular flexibility index (Phi) is 4.67. The lowest BCUT2D eigenvalue weighted by Crippen LogP contribution is -2.27. The summed E-state index contributed by atoms with van der Waals surface area (Å²) in [5, 5.41) is 0. The Morgan fingerprint density at radius 1 is 1.40 bits per heavy atom. The van der Waals surface area contributed by atoms with Crippen LogP contribution in [0.5, 0.6) is 0 Å². The highest BCUT2D eigenvalue weighted by Crippen LogP contribution is 2.24. The highest BCUT2D eigenvalue weighted by atomic mass is 32.2. The van der Waals surface area contributed by atoms with Crippen molar-refractivity contribution in [1.82, 2.24) is 4.72 Å². The Bertz CT molecular complexity index is 578. The fourth-order valence-corrected chi connectivity index (χ4v) is 4.08. The van der Waals surface area contributed by atoms with Crippen molar-refractivity contribution in [3.8, 4) is 0 Å². The van der Waals surface area contributed by atoms with Crippen molar-refractivity contribution in [1.29, 1.82) is 0 Å². The predicted molar refractivity (Wildman–Crippen MR) is 79.1 cm³/mol. The summed E-state index contributed by atoms with van der Waals surface area (Å²) in [5.41, 5.74) is 7.63. The normalized spacial score (nSPS) is 19.4. The number of nitrogens with two attached hydrogens (primary N) is 1. The molecule has 1 unspecified atom stereocenters. The van der Waals surface area contributed by atoms with Crippen LogP contribution in [0.1, 0.15) is 24.0 Å². The zero-order valence-corrected chi connectivity index (χ0v) is 12.8. The maximum Gasteiger partial charge on any atom is 0.241 e. The molecule has 1 aromatic carbocycles. The van der Waals surface area contributed by atoms with Gasteiger partial charge in [0.15, 0.2) is 0 Å². The molecular weight excluding hydrogens is 276 g/mol. The molecule has 6 heteroatoms. The van der Waals surface area contributed by atoms with E-state index in [1.165, 1.54) is 0 Å². The summed E-state index contributed by atoms with van der Waals surface area (Å²) in [6, 6.07) is 3.47. The molecule has 0 spiro atoms. The number of sulfonamides is 1. The second-order valence-corrected chi connectivity index (χ2v) is 7.05. The van der Waals surface area contributed by atoms with Crippen molar-refractivity contribution >= 4 is 15.7 Å². The molecule has 1 aromatic rings. The van der Waals surface area contributed by atoms with Crippen LogP contribution in [0, 0.1) is 19.8 Å². The summed E-state index contributed by atoms with van der Waals surface area (Å²) in [5.74, 6) is 0.459. The van der Waals surface area contributed by atoms with Crippen molar-refractivity contribution in [3.63, 3.8) is 0 Å². The molecule has 2 rings (SSSR count). The van der Waals surface area contributed by atoms with Crippen LogP contribution in [0.4, 0.5) is 5.69 Å². The quantitative estimate of drug-likeness (QED) is 0.809. The van der Waals surface area contributed by atoms with Crippen LogP contribution in [-0.4, -0.2) is 28.2 Å². The lowest BCUT2D eigenvalue weighted by atomic mass is 10.1. The van der Waals surface area contributed by atoms with Crippen LogP contribution >= 0.6 is 0 Å². The number of hydrogen-bond acceptors (Lipinski definition) is 4. The molecule has 0 amide bonds. The zero-order valence-electron chi connectivity index (χ0n) is 12.0. The fraction of sp³-hybridized carbons (Fsp3) is 0.571. The Balaban J connectivity index is 2.08. The minimum absolute atomic E-state index is 0.306. The standard InChI is InChI=1S/C14H22N2O3S/c1-10-3-4-13(15)11(2)14(10)20(17,18)16-7-5-12-6-8-19-9-12/h3-4,12,16H,5-9,15H2,1-2H3. The molecule has 0 radical (unpaired) electrons. The number of nitrogens with one attached hydrogen (secondary N) is 1. The molecule has 112 valence electrons. The Morgan fingerprint density at radius 2 is 2.15 bits per heavy atom. The SMILES string of the molecule is Cc1ccc(N)c(C)c1S(=O)(=O)NCCC1CCOC1. The van der Waals surface area contributed by atoms with Gasteiger partial charge in [0.2, 0.25) is 10.0 Å². The Labute approximate surface area is 120 Å². The summed E-state index contributed by atoms with van der Waals surface area (Å²) in [6.45, 7) is 5.47. The molecule has 1 heterocycles. The van der Waals surface area contributed by atoms with Gasteiger partial charge in [0, 0.05) is 25.4 Å². The minimum Gasteiger partial charge on any atom is -0.398 e. The van der Waals surface area contributed by atoms with Crippen LogP contribution in [0.25, 0.3) is 0 Å². The van der Waals surface area contributed by atoms with E-state index in [9.17, 15) is 8.42 Å². The first kappa shape index (κ1) is 15.3. The summed E-state index contributed by atoms with van der Waals surface area (Å²) < 4.78 is 32.8. The van der Waals surface area contributed by atoms with Crippen LogP contribution in [0.15, 0.2) is 17.0 Å². The first-order chi connectivity index (χ1) is 9.42. The van der Waals surface area contributed by atoms with Gasteiger partial charge in [-0.15, -0.1) is 0 Å². The van der Waals surface area contributed by atoms with Gasteiger partial charge in [-0.2, -0.15) is 0 Å². The molecule has 1 aliphatic rings. The predicted octanol–water partition coefficient (Wildman–Crippen LogP) is 1.59. The van der Waals surface area contributed by atoms with Crippen molar-refractivity contribution in [2.45, 2.75) is 31.6 Å². The molecule has 1 aliphatic heterocycles. The lowest BCUT2D eigenvalue weighted by Gasteiger charge is -2.14. The third-order valence-corrected chi connectivity index (χ3v) is 5.53. The summed E-state index contributed by atoms with van der Waals surface area (Å²) in [4.78, 5) is 0.306. The van der Waals surface area contributed by atoms with Gasteiger partial charge in [-0.3, -0.25) is 0 Å². The van der Waals surface area contributed by atoms with E-state index in [0.29, 0.717) is 34.2 Å². The van der Waals surface area contributed by atoms with Crippen molar-refractivity contribution < 1.29 is 13.2 Å². The van der Waals surface area contributed by atoms with Crippen LogP contribution in [-0.2, 0) is 14.8 Å². The van der Waals surface area contributed by atoms with Gasteiger partial charge in [-0.05, 0) is 49.8 Å². The average Bonchev–Trinajstić information content (AvgIpc) is 2.87. The van der Waals surface area contributed by atoms with Crippen LogP contribution in [0.3, 0.4) is 0 Å². The fourth-order valence-electron chi connectivity index (χ4n) is 2.54. The lowest BCUT2D eigenvalue weighted by molar-refractivity contribution is 0.184. The van der Waals surface area contributed by atoms with E-state index in [0.717, 1.165) is 26.1 Å². The molecule has 5 nitrogen and oxygen atoms in total. The van der Waals surface area contributed by atoms with E-state index < -0.39 is 10.0 Å². The molecule has 0 aliphatic carbocycles. The second kappa shape index (κ2) is 6.11. The van der Waals surface area contributed by atoms with Gasteiger partial charge in [0.1, 0.15) is 0 Å². The molecule has 0 bridgehead atoms. The molecule has 1 atom stereocenters. The molecule has 20 heavy (non-hydrogen) atoms. The van der Waals surface area contributed by atoms with Gasteiger partial charge >= 0.3 is 0 Å². The van der Waals surface area contributed by atoms with E-state index in [4.69, 9.17) is 10.5 Å². The first-order valence-electron chi connectivity index (χ1n) is 6.85. The number of ether oxygens (including phenoxy) is 1. The third kappa shape index (κ3) is 3.31. The Morgan fingerprint density at radius 3 is 2.80 bits per heavy atom. The number of aryl methyl sites for hydroxylation is 1. The largest absolute Gasteiger partial charge is 0.398 e. The number of rotatable bonds is 5. The van der Waals surface area contributed by atoms with Gasteiger partial charge in [-0.1, -0.05) is 6.07 Å². The van der Waals surface area contributed by atoms with Crippen molar-refractivity contribution in [3.05, 3.63) is 23.3 Å². The van der Waals surface area contributed by atoms with Gasteiger partial charge in [0.05, 0.1) is 4.90 Å². The molecule has 0 aromatic heterocycles. The summed E-state index contributed by atoms with van der Waals surface area (Å²) in [7, 11) is -3.51. The topological polar surface area (TPSA) is 81.4 Å². The monoisotopic (exact) mass is 298 g/mol. The number of benzene rings is 1. The number of anilines is 1. The molecular formula is C14H22N2O3S. The zero-order chi connectivity index (χ0) is 14.8. The minimum atomic E-state index is -3.51. The van der Waals surface area contributed by atoms with Gasteiger partial charge < -0.3 is 10.5 Å². The molecule has 3 N–H and O–H groups in total. The molecule has 0 saturated carbocycles. The molecule has 1 fully saturated rings. The van der Waals surface area contributed by atoms with Crippen LogP contribution < -0.4 is 10.5 Å². The summed E-state index contributed by atoms with van der Waals surface area (Å²) >= 11 is 0. The smallest absolute Gasteiger partial charge is 0.241 e. The maximum atomic E-state index is 12.4. The average molecular weight is 298 g/mol. The maximum absolute atomic E-state index is 12.4. The second-order valence-electron chi connectivity index (χ2n) is 5.34. The van der Waals surface area contributed by atoms with E-state index in [-0.39, 0.29) is 0 Å². The van der Waals surface area contributed by atoms with E-state index in [1.807, 2.05) is 0 Å². The van der Waals surface area contributed by atoms with Crippen molar-refractivity contribution in [2.24, 2.45) is 5.92 Å². The van der Waals surface area contributed by atoms with Crippen molar-refractivity contribution in [2.75, 3.05) is 25.5 Å². The van der Waals surface area contributed by atoms with E-state index >= 15 is 0 Å². The first-order valence-corrected chi connectivity index (χ1v) is 8.33. The van der Waals surface area contributed by atoms with Gasteiger partial charge in [-0.25, -0.2) is 13.1 Å². The molecule has 1 saturated heterocycles. The van der Waals surface area contributed by atoms with Crippen LogP contribution in [0.2, 0.25) is 0 Å². The Hall–Kier alpha value is -1.11. The highest BCUT2D eigenvalue weighted by Gasteiger charge is 2.22. The van der Waals surface area contributed by atoms with Gasteiger partial charge in [0.25, 0.3) is 0 Å². The highest BCUT2D eigenvalue weighted by molar-refractivity contribution is 7.89.